The summed E-state index contributed by atoms with van der Waals surface area (Å²) in [6.45, 7) is 4.06. The maximum absolute atomic E-state index is 13.8. The lowest BCUT2D eigenvalue weighted by atomic mass is 10.0. The van der Waals surface area contributed by atoms with Gasteiger partial charge in [-0.25, -0.2) is 8.42 Å². The van der Waals surface area contributed by atoms with Crippen LogP contribution in [-0.2, 0) is 32.6 Å². The van der Waals surface area contributed by atoms with Gasteiger partial charge in [-0.3, -0.25) is 9.59 Å². The molecule has 0 saturated heterocycles. The fourth-order valence-electron chi connectivity index (χ4n) is 4.15. The Morgan fingerprint density at radius 3 is 2.26 bits per heavy atom. The third-order valence-electron chi connectivity index (χ3n) is 6.43. The number of carbonyl (C=O) groups is 2. The Morgan fingerprint density at radius 2 is 1.62 bits per heavy atom. The van der Waals surface area contributed by atoms with E-state index in [9.17, 15) is 18.0 Å². The average Bonchev–Trinajstić information content (AvgIpc) is 2.91. The van der Waals surface area contributed by atoms with Crippen molar-refractivity contribution in [3.63, 3.8) is 0 Å². The van der Waals surface area contributed by atoms with Crippen molar-refractivity contribution >= 4 is 33.4 Å². The number of halogens is 1. The summed E-state index contributed by atoms with van der Waals surface area (Å²) in [7, 11) is -2.55. The van der Waals surface area contributed by atoms with Gasteiger partial charge in [0.15, 0.2) is 0 Å². The van der Waals surface area contributed by atoms with E-state index in [0.717, 1.165) is 33.8 Å². The van der Waals surface area contributed by atoms with Gasteiger partial charge in [0.25, 0.3) is 0 Å². The highest BCUT2D eigenvalue weighted by Gasteiger charge is 2.33. The quantitative estimate of drug-likeness (QED) is 0.299. The first-order valence-electron chi connectivity index (χ1n) is 13.0. The number of carbonyl (C=O) groups excluding carboxylic acids is 2. The highest BCUT2D eigenvalue weighted by atomic mass is 35.5. The van der Waals surface area contributed by atoms with Gasteiger partial charge in [-0.05, 0) is 48.7 Å². The molecule has 3 aromatic carbocycles. The normalized spacial score (nSPS) is 12.2. The lowest BCUT2D eigenvalue weighted by Crippen LogP contribution is -2.53. The van der Waals surface area contributed by atoms with Crippen LogP contribution in [0, 0.1) is 6.92 Å². The minimum absolute atomic E-state index is 0.0938. The van der Waals surface area contributed by atoms with Crippen LogP contribution in [-0.4, -0.2) is 55.6 Å². The van der Waals surface area contributed by atoms with Crippen molar-refractivity contribution < 1.29 is 18.0 Å². The van der Waals surface area contributed by atoms with Crippen LogP contribution in [0.1, 0.15) is 36.5 Å². The van der Waals surface area contributed by atoms with Crippen molar-refractivity contribution in [2.45, 2.75) is 50.6 Å². The topological polar surface area (TPSA) is 86.8 Å². The Balaban J connectivity index is 1.95. The molecule has 0 heterocycles. The van der Waals surface area contributed by atoms with E-state index in [1.807, 2.05) is 50.2 Å². The summed E-state index contributed by atoms with van der Waals surface area (Å²) >= 11 is 6.22. The minimum atomic E-state index is -3.92. The van der Waals surface area contributed by atoms with E-state index in [-0.39, 0.29) is 23.8 Å². The SMILES string of the molecule is CCCCNC(=O)C(Cc1ccccc1)N(Cc1cccc(Cl)c1)C(=O)CN(C)S(=O)(=O)c1ccc(C)cc1. The zero-order valence-electron chi connectivity index (χ0n) is 22.6. The number of hydrogen-bond acceptors (Lipinski definition) is 4. The summed E-state index contributed by atoms with van der Waals surface area (Å²) in [6.07, 6.45) is 2.00. The molecular formula is C30H36ClN3O4S. The summed E-state index contributed by atoms with van der Waals surface area (Å²) in [5.41, 5.74) is 2.55. The molecule has 39 heavy (non-hydrogen) atoms. The Labute approximate surface area is 236 Å². The largest absolute Gasteiger partial charge is 0.354 e. The lowest BCUT2D eigenvalue weighted by molar-refractivity contribution is -0.141. The highest BCUT2D eigenvalue weighted by molar-refractivity contribution is 7.89. The number of sulfonamides is 1. The van der Waals surface area contributed by atoms with Crippen LogP contribution in [0.3, 0.4) is 0 Å². The first-order chi connectivity index (χ1) is 18.6. The third-order valence-corrected chi connectivity index (χ3v) is 8.48. The molecule has 0 spiro atoms. The van der Waals surface area contributed by atoms with Crippen LogP contribution >= 0.6 is 11.6 Å². The third kappa shape index (κ3) is 8.65. The van der Waals surface area contributed by atoms with Gasteiger partial charge in [0.05, 0.1) is 11.4 Å². The van der Waals surface area contributed by atoms with E-state index in [1.54, 1.807) is 30.3 Å². The molecule has 3 aromatic rings. The highest BCUT2D eigenvalue weighted by Crippen LogP contribution is 2.20. The summed E-state index contributed by atoms with van der Waals surface area (Å²) in [5.74, 6) is -0.772. The molecule has 0 aromatic heterocycles. The van der Waals surface area contributed by atoms with Crippen LogP contribution in [0.25, 0.3) is 0 Å². The fourth-order valence-corrected chi connectivity index (χ4v) is 5.48. The molecule has 0 saturated carbocycles. The Bertz CT molecular complexity index is 1350. The first kappa shape index (κ1) is 30.3. The number of benzene rings is 3. The van der Waals surface area contributed by atoms with Gasteiger partial charge in [0.1, 0.15) is 6.04 Å². The second-order valence-electron chi connectivity index (χ2n) is 9.58. The van der Waals surface area contributed by atoms with Gasteiger partial charge < -0.3 is 10.2 Å². The standard InChI is InChI=1S/C30H36ClN3O4S/c1-4-5-18-32-30(36)28(20-24-10-7-6-8-11-24)34(21-25-12-9-13-26(31)19-25)29(35)22-33(3)39(37,38)27-16-14-23(2)15-17-27/h6-17,19,28H,4-5,18,20-22H2,1-3H3,(H,32,36). The van der Waals surface area contributed by atoms with E-state index in [0.29, 0.717) is 11.6 Å². The average molecular weight is 570 g/mol. The molecular weight excluding hydrogens is 534 g/mol. The predicted octanol–water partition coefficient (Wildman–Crippen LogP) is 4.83. The summed E-state index contributed by atoms with van der Waals surface area (Å²) in [4.78, 5) is 28.9. The van der Waals surface area contributed by atoms with Crippen molar-refractivity contribution in [2.75, 3.05) is 20.1 Å². The number of nitrogens with one attached hydrogen (secondary N) is 1. The monoisotopic (exact) mass is 569 g/mol. The van der Waals surface area contributed by atoms with E-state index in [2.05, 4.69) is 5.32 Å². The molecule has 0 aliphatic rings. The Hall–Kier alpha value is -3.20. The first-order valence-corrected chi connectivity index (χ1v) is 14.8. The van der Waals surface area contributed by atoms with Gasteiger partial charge in [0, 0.05) is 31.6 Å². The number of nitrogens with zero attached hydrogens (tertiary/aromatic N) is 2. The van der Waals surface area contributed by atoms with Crippen LogP contribution in [0.5, 0.6) is 0 Å². The maximum Gasteiger partial charge on any atom is 0.243 e. The number of unbranched alkanes of at least 4 members (excludes halogenated alkanes) is 1. The molecule has 1 N–H and O–H groups in total. The number of aryl methyl sites for hydroxylation is 1. The summed E-state index contributed by atoms with van der Waals surface area (Å²) in [5, 5.41) is 3.47. The van der Waals surface area contributed by atoms with Crippen LogP contribution in [0.15, 0.2) is 83.8 Å². The van der Waals surface area contributed by atoms with Gasteiger partial charge in [-0.2, -0.15) is 4.31 Å². The molecule has 0 radical (unpaired) electrons. The molecule has 3 rings (SSSR count). The van der Waals surface area contributed by atoms with Crippen molar-refractivity contribution in [2.24, 2.45) is 0 Å². The molecule has 208 valence electrons. The molecule has 0 bridgehead atoms. The smallest absolute Gasteiger partial charge is 0.243 e. The van der Waals surface area contributed by atoms with E-state index >= 15 is 0 Å². The second-order valence-corrected chi connectivity index (χ2v) is 12.1. The van der Waals surface area contributed by atoms with Crippen molar-refractivity contribution in [3.8, 4) is 0 Å². The Morgan fingerprint density at radius 1 is 0.949 bits per heavy atom. The Kier molecular flexibility index (Phi) is 11.1. The second kappa shape index (κ2) is 14.3. The van der Waals surface area contributed by atoms with E-state index in [1.165, 1.54) is 24.1 Å². The molecule has 0 fully saturated rings. The van der Waals surface area contributed by atoms with Gasteiger partial charge in [-0.15, -0.1) is 0 Å². The molecule has 1 unspecified atom stereocenters. The minimum Gasteiger partial charge on any atom is -0.354 e. The van der Waals surface area contributed by atoms with Crippen molar-refractivity contribution in [1.82, 2.24) is 14.5 Å². The van der Waals surface area contributed by atoms with Crippen molar-refractivity contribution in [3.05, 3.63) is 101 Å². The van der Waals surface area contributed by atoms with Crippen LogP contribution in [0.2, 0.25) is 5.02 Å². The van der Waals surface area contributed by atoms with Crippen LogP contribution in [0.4, 0.5) is 0 Å². The number of likely N-dealkylation sites (N-methyl/N-ethyl adjacent to an activating group) is 1. The predicted molar refractivity (Wildman–Crippen MR) is 155 cm³/mol. The van der Waals surface area contributed by atoms with Gasteiger partial charge in [-0.1, -0.05) is 85.1 Å². The van der Waals surface area contributed by atoms with Crippen LogP contribution < -0.4 is 5.32 Å². The lowest BCUT2D eigenvalue weighted by Gasteiger charge is -2.32. The molecule has 2 amide bonds. The zero-order chi connectivity index (χ0) is 28.4. The molecule has 0 aliphatic heterocycles. The molecule has 1 atom stereocenters. The maximum atomic E-state index is 13.8. The number of amides is 2. The number of rotatable bonds is 13. The molecule has 9 heteroatoms. The van der Waals surface area contributed by atoms with E-state index < -0.39 is 28.5 Å². The van der Waals surface area contributed by atoms with Crippen molar-refractivity contribution in [1.29, 1.82) is 0 Å². The molecule has 7 nitrogen and oxygen atoms in total. The number of hydrogen-bond donors (Lipinski definition) is 1. The fraction of sp³-hybridized carbons (Fsp3) is 0.333. The molecule has 0 aliphatic carbocycles. The summed E-state index contributed by atoms with van der Waals surface area (Å²) < 4.78 is 27.5. The van der Waals surface area contributed by atoms with Gasteiger partial charge >= 0.3 is 0 Å². The van der Waals surface area contributed by atoms with E-state index in [4.69, 9.17) is 11.6 Å². The summed E-state index contributed by atoms with van der Waals surface area (Å²) in [6, 6.07) is 22.2. The van der Waals surface area contributed by atoms with Gasteiger partial charge in [0.2, 0.25) is 21.8 Å². The zero-order valence-corrected chi connectivity index (χ0v) is 24.2.